The van der Waals surface area contributed by atoms with Crippen molar-refractivity contribution in [1.29, 1.82) is 0 Å². The largest absolute Gasteiger partial charge is 0.497 e. The molecule has 0 heterocycles. The van der Waals surface area contributed by atoms with Gasteiger partial charge in [0.25, 0.3) is 0 Å². The highest BCUT2D eigenvalue weighted by Crippen LogP contribution is 2.21. The smallest absolute Gasteiger partial charge is 0.176 e. The van der Waals surface area contributed by atoms with E-state index in [2.05, 4.69) is 5.32 Å². The van der Waals surface area contributed by atoms with Crippen LogP contribution in [0.2, 0.25) is 0 Å². The third kappa shape index (κ3) is 2.45. The fraction of sp³-hybridized carbons (Fsp3) is 0.214. The molecule has 3 heteroatoms. The summed E-state index contributed by atoms with van der Waals surface area (Å²) < 4.78 is 5.16. The van der Waals surface area contributed by atoms with Gasteiger partial charge in [-0.05, 0) is 36.0 Å². The molecule has 2 aromatic rings. The molecule has 3 nitrogen and oxygen atoms in total. The molecule has 17 heavy (non-hydrogen) atoms. The van der Waals surface area contributed by atoms with Crippen LogP contribution in [0.5, 0.6) is 5.75 Å². The van der Waals surface area contributed by atoms with Gasteiger partial charge >= 0.3 is 0 Å². The standard InChI is InChI=1S/C14H15NO2/c1-15-9-14(16)12-4-3-11-8-13(17-2)6-5-10(11)7-12/h3-8,15H,9H2,1-2H3. The molecule has 2 aromatic carbocycles. The fourth-order valence-electron chi connectivity index (χ4n) is 1.79. The molecule has 0 saturated carbocycles. The van der Waals surface area contributed by atoms with Gasteiger partial charge in [-0.1, -0.05) is 18.2 Å². The van der Waals surface area contributed by atoms with E-state index in [4.69, 9.17) is 4.74 Å². The van der Waals surface area contributed by atoms with E-state index in [1.165, 1.54) is 0 Å². The van der Waals surface area contributed by atoms with Crippen molar-refractivity contribution in [3.8, 4) is 5.75 Å². The number of ketones is 1. The predicted octanol–water partition coefficient (Wildman–Crippen LogP) is 2.25. The van der Waals surface area contributed by atoms with Gasteiger partial charge in [0, 0.05) is 5.56 Å². The molecule has 2 rings (SSSR count). The van der Waals surface area contributed by atoms with E-state index < -0.39 is 0 Å². The van der Waals surface area contributed by atoms with Crippen LogP contribution >= 0.6 is 0 Å². The summed E-state index contributed by atoms with van der Waals surface area (Å²) in [6.45, 7) is 0.363. The average Bonchev–Trinajstić information content (AvgIpc) is 2.37. The molecule has 88 valence electrons. The van der Waals surface area contributed by atoms with Gasteiger partial charge in [0.05, 0.1) is 13.7 Å². The number of likely N-dealkylation sites (N-methyl/N-ethyl adjacent to an activating group) is 1. The van der Waals surface area contributed by atoms with Crippen LogP contribution in [-0.2, 0) is 0 Å². The fourth-order valence-corrected chi connectivity index (χ4v) is 1.79. The Morgan fingerprint density at radius 1 is 1.18 bits per heavy atom. The molecule has 0 fully saturated rings. The molecule has 1 N–H and O–H groups in total. The lowest BCUT2D eigenvalue weighted by Crippen LogP contribution is -2.18. The number of Topliss-reactive ketones (excluding diaryl/α,β-unsaturated/α-hetero) is 1. The minimum Gasteiger partial charge on any atom is -0.497 e. The van der Waals surface area contributed by atoms with Crippen LogP contribution in [-0.4, -0.2) is 26.5 Å². The molecule has 0 aliphatic heterocycles. The maximum Gasteiger partial charge on any atom is 0.176 e. The summed E-state index contributed by atoms with van der Waals surface area (Å²) >= 11 is 0. The molecular formula is C14H15NO2. The van der Waals surface area contributed by atoms with E-state index in [-0.39, 0.29) is 5.78 Å². The minimum atomic E-state index is 0.102. The first kappa shape index (κ1) is 11.6. The number of nitrogens with one attached hydrogen (secondary N) is 1. The first-order chi connectivity index (χ1) is 8.24. The van der Waals surface area contributed by atoms with Crippen molar-refractivity contribution in [3.05, 3.63) is 42.0 Å². The topological polar surface area (TPSA) is 38.3 Å². The lowest BCUT2D eigenvalue weighted by Gasteiger charge is -2.05. The number of benzene rings is 2. The van der Waals surface area contributed by atoms with E-state index in [0.29, 0.717) is 6.54 Å². The molecule has 0 atom stereocenters. The highest BCUT2D eigenvalue weighted by atomic mass is 16.5. The Balaban J connectivity index is 2.41. The Kier molecular flexibility index (Phi) is 3.40. The molecule has 0 amide bonds. The predicted molar refractivity (Wildman–Crippen MR) is 68.8 cm³/mol. The van der Waals surface area contributed by atoms with Crippen LogP contribution in [0.3, 0.4) is 0 Å². The molecule has 0 bridgehead atoms. The summed E-state index contributed by atoms with van der Waals surface area (Å²) in [7, 11) is 3.41. The van der Waals surface area contributed by atoms with E-state index in [9.17, 15) is 4.79 Å². The second-order valence-electron chi connectivity index (χ2n) is 3.88. The van der Waals surface area contributed by atoms with Crippen molar-refractivity contribution in [2.24, 2.45) is 0 Å². The summed E-state index contributed by atoms with van der Waals surface area (Å²) in [5, 5.41) is 4.99. The van der Waals surface area contributed by atoms with Crippen molar-refractivity contribution in [3.63, 3.8) is 0 Å². The highest BCUT2D eigenvalue weighted by molar-refractivity contribution is 6.01. The Hall–Kier alpha value is -1.87. The first-order valence-electron chi connectivity index (χ1n) is 5.50. The summed E-state index contributed by atoms with van der Waals surface area (Å²) in [5.41, 5.74) is 0.733. The van der Waals surface area contributed by atoms with Crippen LogP contribution in [0, 0.1) is 0 Å². The minimum absolute atomic E-state index is 0.102. The highest BCUT2D eigenvalue weighted by Gasteiger charge is 2.05. The number of methoxy groups -OCH3 is 1. The second kappa shape index (κ2) is 4.97. The number of fused-ring (bicyclic) bond motifs is 1. The van der Waals surface area contributed by atoms with Crippen molar-refractivity contribution in [2.45, 2.75) is 0 Å². The summed E-state index contributed by atoms with van der Waals surface area (Å²) in [6.07, 6.45) is 0. The van der Waals surface area contributed by atoms with Gasteiger partial charge in [-0.3, -0.25) is 4.79 Å². The maximum atomic E-state index is 11.7. The quantitative estimate of drug-likeness (QED) is 0.817. The van der Waals surface area contributed by atoms with Gasteiger partial charge in [0.1, 0.15) is 5.75 Å². The Morgan fingerprint density at radius 3 is 2.59 bits per heavy atom. The van der Waals surface area contributed by atoms with Crippen LogP contribution < -0.4 is 10.1 Å². The van der Waals surface area contributed by atoms with Crippen LogP contribution in [0.4, 0.5) is 0 Å². The lowest BCUT2D eigenvalue weighted by atomic mass is 10.0. The lowest BCUT2D eigenvalue weighted by molar-refractivity contribution is 0.0993. The Labute approximate surface area is 100 Å². The molecule has 0 aliphatic carbocycles. The van der Waals surface area contributed by atoms with Crippen molar-refractivity contribution >= 4 is 16.6 Å². The zero-order valence-electron chi connectivity index (χ0n) is 9.99. The van der Waals surface area contributed by atoms with E-state index in [1.807, 2.05) is 36.4 Å². The van der Waals surface area contributed by atoms with Crippen molar-refractivity contribution < 1.29 is 9.53 Å². The van der Waals surface area contributed by atoms with Crippen LogP contribution in [0.25, 0.3) is 10.8 Å². The van der Waals surface area contributed by atoms with Gasteiger partial charge < -0.3 is 10.1 Å². The zero-order chi connectivity index (χ0) is 12.3. The molecule has 0 spiro atoms. The Bertz CT molecular complexity index is 549. The van der Waals surface area contributed by atoms with E-state index in [0.717, 1.165) is 22.1 Å². The number of carbonyl (C=O) groups excluding carboxylic acids is 1. The van der Waals surface area contributed by atoms with Gasteiger partial charge in [-0.15, -0.1) is 0 Å². The number of hydrogen-bond donors (Lipinski definition) is 1. The summed E-state index contributed by atoms with van der Waals surface area (Å²) in [4.78, 5) is 11.7. The average molecular weight is 229 g/mol. The summed E-state index contributed by atoms with van der Waals surface area (Å²) in [5.74, 6) is 0.928. The van der Waals surface area contributed by atoms with Gasteiger partial charge in [-0.25, -0.2) is 0 Å². The SMILES string of the molecule is CNCC(=O)c1ccc2cc(OC)ccc2c1. The van der Waals surface area contributed by atoms with Gasteiger partial charge in [0.2, 0.25) is 0 Å². The van der Waals surface area contributed by atoms with Crippen LogP contribution in [0.15, 0.2) is 36.4 Å². The van der Waals surface area contributed by atoms with Crippen molar-refractivity contribution in [1.82, 2.24) is 5.32 Å². The zero-order valence-corrected chi connectivity index (χ0v) is 9.99. The molecular weight excluding hydrogens is 214 g/mol. The molecule has 0 unspecified atom stereocenters. The number of rotatable bonds is 4. The number of hydrogen-bond acceptors (Lipinski definition) is 3. The van der Waals surface area contributed by atoms with Gasteiger partial charge in [-0.2, -0.15) is 0 Å². The molecule has 0 aromatic heterocycles. The second-order valence-corrected chi connectivity index (χ2v) is 3.88. The number of ether oxygens (including phenoxy) is 1. The van der Waals surface area contributed by atoms with Crippen molar-refractivity contribution in [2.75, 3.05) is 20.7 Å². The first-order valence-corrected chi connectivity index (χ1v) is 5.50. The monoisotopic (exact) mass is 229 g/mol. The molecule has 0 radical (unpaired) electrons. The normalized spacial score (nSPS) is 10.5. The Morgan fingerprint density at radius 2 is 1.88 bits per heavy atom. The number of carbonyl (C=O) groups is 1. The summed E-state index contributed by atoms with van der Waals surface area (Å²) in [6, 6.07) is 11.5. The third-order valence-corrected chi connectivity index (χ3v) is 2.71. The maximum absolute atomic E-state index is 11.7. The van der Waals surface area contributed by atoms with Gasteiger partial charge in [0.15, 0.2) is 5.78 Å². The van der Waals surface area contributed by atoms with E-state index in [1.54, 1.807) is 14.2 Å². The molecule has 0 aliphatic rings. The third-order valence-electron chi connectivity index (χ3n) is 2.71. The molecule has 0 saturated heterocycles. The van der Waals surface area contributed by atoms with E-state index >= 15 is 0 Å². The van der Waals surface area contributed by atoms with Crippen LogP contribution in [0.1, 0.15) is 10.4 Å².